The summed E-state index contributed by atoms with van der Waals surface area (Å²) >= 11 is 0. The molecule has 0 radical (unpaired) electrons. The molecule has 1 unspecified atom stereocenters. The molecular weight excluding hydrogens is 400 g/mol. The number of aromatic nitrogens is 2. The number of nitrogens with zero attached hydrogens (tertiary/aromatic N) is 4. The lowest BCUT2D eigenvalue weighted by molar-refractivity contribution is -0.119. The summed E-state index contributed by atoms with van der Waals surface area (Å²) in [6, 6.07) is 15.5. The van der Waals surface area contributed by atoms with Crippen LogP contribution in [0, 0.1) is 0 Å². The highest BCUT2D eigenvalue weighted by molar-refractivity contribution is 7.92. The molecular formula is C22H22N4O3S. The Bertz CT molecular complexity index is 1230. The van der Waals surface area contributed by atoms with Gasteiger partial charge in [0.15, 0.2) is 5.03 Å². The van der Waals surface area contributed by atoms with Crippen LogP contribution in [0.3, 0.4) is 0 Å². The Hall–Kier alpha value is -3.13. The Morgan fingerprint density at radius 2 is 1.77 bits per heavy atom. The Kier molecular flexibility index (Phi) is 4.39. The van der Waals surface area contributed by atoms with Crippen molar-refractivity contribution in [2.45, 2.75) is 37.4 Å². The highest BCUT2D eigenvalue weighted by Crippen LogP contribution is 2.33. The van der Waals surface area contributed by atoms with E-state index in [1.807, 2.05) is 55.5 Å². The number of hydrogen-bond donors (Lipinski definition) is 0. The highest BCUT2D eigenvalue weighted by Gasteiger charge is 2.33. The van der Waals surface area contributed by atoms with Gasteiger partial charge in [-0.25, -0.2) is 4.98 Å². The van der Waals surface area contributed by atoms with E-state index in [0.717, 1.165) is 23.2 Å². The topological polar surface area (TPSA) is 75.5 Å². The number of amides is 1. The molecule has 0 saturated carbocycles. The van der Waals surface area contributed by atoms with Gasteiger partial charge in [0.25, 0.3) is 10.0 Å². The molecule has 1 aromatic heterocycles. The summed E-state index contributed by atoms with van der Waals surface area (Å²) in [4.78, 5) is 18.9. The van der Waals surface area contributed by atoms with Crippen LogP contribution in [0.15, 0.2) is 66.1 Å². The molecule has 1 atom stereocenters. The number of rotatable bonds is 4. The number of para-hydroxylation sites is 2. The molecule has 0 spiro atoms. The Labute approximate surface area is 175 Å². The van der Waals surface area contributed by atoms with Crippen LogP contribution in [0.5, 0.6) is 0 Å². The highest BCUT2D eigenvalue weighted by atomic mass is 32.2. The van der Waals surface area contributed by atoms with Gasteiger partial charge in [-0.15, -0.1) is 0 Å². The van der Waals surface area contributed by atoms with Gasteiger partial charge in [-0.05, 0) is 43.0 Å². The molecule has 0 N–H and O–H groups in total. The molecule has 5 rings (SSSR count). The van der Waals surface area contributed by atoms with E-state index in [0.29, 0.717) is 18.7 Å². The van der Waals surface area contributed by atoms with Crippen molar-refractivity contribution in [1.29, 1.82) is 0 Å². The number of benzene rings is 2. The maximum Gasteiger partial charge on any atom is 0.283 e. The van der Waals surface area contributed by atoms with Crippen LogP contribution >= 0.6 is 0 Å². The second-order valence-corrected chi connectivity index (χ2v) is 9.59. The standard InChI is InChI=1S/C22H22N4O3S/c1-16-12-18-7-3-5-9-20(18)26(16)22(27)14-24-13-21(23-15-24)30(28,29)25-11-10-17-6-2-4-8-19(17)25/h2-9,13,15-16H,10-12,14H2,1H3. The summed E-state index contributed by atoms with van der Waals surface area (Å²) in [5.41, 5.74) is 3.79. The molecule has 30 heavy (non-hydrogen) atoms. The van der Waals surface area contributed by atoms with Gasteiger partial charge in [0, 0.05) is 24.5 Å². The van der Waals surface area contributed by atoms with Crippen molar-refractivity contribution in [3.63, 3.8) is 0 Å². The van der Waals surface area contributed by atoms with Gasteiger partial charge in [0.2, 0.25) is 5.91 Å². The fourth-order valence-corrected chi connectivity index (χ4v) is 5.85. The summed E-state index contributed by atoms with van der Waals surface area (Å²) < 4.78 is 29.2. The molecule has 0 fully saturated rings. The number of sulfonamides is 1. The van der Waals surface area contributed by atoms with Crippen LogP contribution in [0.1, 0.15) is 18.1 Å². The van der Waals surface area contributed by atoms with Crippen molar-refractivity contribution in [3.05, 3.63) is 72.2 Å². The lowest BCUT2D eigenvalue weighted by Gasteiger charge is -2.22. The molecule has 0 aliphatic carbocycles. The first-order chi connectivity index (χ1) is 14.4. The van der Waals surface area contributed by atoms with Gasteiger partial charge in [0.05, 0.1) is 12.0 Å². The zero-order valence-electron chi connectivity index (χ0n) is 16.6. The Balaban J connectivity index is 1.37. The van der Waals surface area contributed by atoms with E-state index >= 15 is 0 Å². The lowest BCUT2D eigenvalue weighted by Crippen LogP contribution is -2.37. The molecule has 7 nitrogen and oxygen atoms in total. The molecule has 2 aliphatic heterocycles. The third-order valence-electron chi connectivity index (χ3n) is 5.80. The first-order valence-corrected chi connectivity index (χ1v) is 11.4. The van der Waals surface area contributed by atoms with Crippen LogP contribution in [0.25, 0.3) is 0 Å². The fourth-order valence-electron chi connectivity index (χ4n) is 4.41. The van der Waals surface area contributed by atoms with E-state index in [-0.39, 0.29) is 23.5 Å². The van der Waals surface area contributed by atoms with Crippen LogP contribution in [0.2, 0.25) is 0 Å². The Morgan fingerprint density at radius 1 is 1.07 bits per heavy atom. The number of fused-ring (bicyclic) bond motifs is 2. The normalized spacial score (nSPS) is 17.8. The molecule has 154 valence electrons. The smallest absolute Gasteiger partial charge is 0.283 e. The van der Waals surface area contributed by atoms with E-state index in [2.05, 4.69) is 4.98 Å². The summed E-state index contributed by atoms with van der Waals surface area (Å²) in [6.45, 7) is 2.46. The molecule has 2 aliphatic rings. The van der Waals surface area contributed by atoms with Crippen molar-refractivity contribution in [3.8, 4) is 0 Å². The summed E-state index contributed by atoms with van der Waals surface area (Å²) in [5.74, 6) is -0.0830. The first-order valence-electron chi connectivity index (χ1n) is 9.97. The van der Waals surface area contributed by atoms with Crippen molar-refractivity contribution >= 4 is 27.3 Å². The summed E-state index contributed by atoms with van der Waals surface area (Å²) in [7, 11) is -3.77. The van der Waals surface area contributed by atoms with Gasteiger partial charge in [0.1, 0.15) is 6.54 Å². The average molecular weight is 423 g/mol. The SMILES string of the molecule is CC1Cc2ccccc2N1C(=O)Cn1cnc(S(=O)(=O)N2CCc3ccccc32)c1. The first kappa shape index (κ1) is 18.9. The summed E-state index contributed by atoms with van der Waals surface area (Å²) in [6.07, 6.45) is 4.36. The third kappa shape index (κ3) is 2.99. The molecule has 3 aromatic rings. The zero-order chi connectivity index (χ0) is 20.9. The largest absolute Gasteiger partial charge is 0.327 e. The van der Waals surface area contributed by atoms with Gasteiger partial charge < -0.3 is 9.47 Å². The quantitative estimate of drug-likeness (QED) is 0.648. The van der Waals surface area contributed by atoms with E-state index in [4.69, 9.17) is 0 Å². The van der Waals surface area contributed by atoms with Crippen molar-refractivity contribution in [2.24, 2.45) is 0 Å². The van der Waals surface area contributed by atoms with E-state index in [9.17, 15) is 13.2 Å². The zero-order valence-corrected chi connectivity index (χ0v) is 17.4. The van der Waals surface area contributed by atoms with Crippen LogP contribution in [-0.4, -0.2) is 36.5 Å². The van der Waals surface area contributed by atoms with Gasteiger partial charge in [-0.3, -0.25) is 9.10 Å². The molecule has 3 heterocycles. The molecule has 1 amide bonds. The van der Waals surface area contributed by atoms with Gasteiger partial charge in [-0.2, -0.15) is 8.42 Å². The molecule has 0 saturated heterocycles. The molecule has 8 heteroatoms. The van der Waals surface area contributed by atoms with E-state index in [1.165, 1.54) is 16.8 Å². The predicted octanol–water partition coefficient (Wildman–Crippen LogP) is 2.61. The third-order valence-corrected chi connectivity index (χ3v) is 7.50. The van der Waals surface area contributed by atoms with Gasteiger partial charge >= 0.3 is 0 Å². The monoisotopic (exact) mass is 422 g/mol. The maximum absolute atomic E-state index is 13.1. The van der Waals surface area contributed by atoms with Gasteiger partial charge in [-0.1, -0.05) is 36.4 Å². The minimum atomic E-state index is -3.77. The van der Waals surface area contributed by atoms with Crippen molar-refractivity contribution in [1.82, 2.24) is 9.55 Å². The average Bonchev–Trinajstić information content (AvgIpc) is 3.44. The molecule has 2 aromatic carbocycles. The number of anilines is 2. The van der Waals surface area contributed by atoms with Crippen LogP contribution in [-0.2, 0) is 34.2 Å². The lowest BCUT2D eigenvalue weighted by atomic mass is 10.1. The van der Waals surface area contributed by atoms with Crippen LogP contribution in [0.4, 0.5) is 11.4 Å². The second-order valence-electron chi connectivity index (χ2n) is 7.79. The van der Waals surface area contributed by atoms with Crippen molar-refractivity contribution in [2.75, 3.05) is 15.7 Å². The minimum Gasteiger partial charge on any atom is -0.327 e. The fraction of sp³-hybridized carbons (Fsp3) is 0.273. The molecule has 0 bridgehead atoms. The van der Waals surface area contributed by atoms with E-state index in [1.54, 1.807) is 9.47 Å². The predicted molar refractivity (Wildman–Crippen MR) is 114 cm³/mol. The minimum absolute atomic E-state index is 0.0395. The van der Waals surface area contributed by atoms with Crippen molar-refractivity contribution < 1.29 is 13.2 Å². The van der Waals surface area contributed by atoms with E-state index < -0.39 is 10.0 Å². The number of imidazole rings is 1. The number of carbonyl (C=O) groups is 1. The maximum atomic E-state index is 13.1. The Morgan fingerprint density at radius 3 is 2.57 bits per heavy atom. The second kappa shape index (κ2) is 6.98. The summed E-state index contributed by atoms with van der Waals surface area (Å²) in [5, 5.41) is -0.0399. The van der Waals surface area contributed by atoms with Crippen LogP contribution < -0.4 is 9.21 Å². The number of hydrogen-bond acceptors (Lipinski definition) is 4. The number of carbonyl (C=O) groups excluding carboxylic acids is 1.